The van der Waals surface area contributed by atoms with E-state index in [0.717, 1.165) is 44.2 Å². The molecule has 4 N–H and O–H groups in total. The average molecular weight is 303 g/mol. The summed E-state index contributed by atoms with van der Waals surface area (Å²) in [6.45, 7) is 4.68. The number of nitrogens with two attached hydrogens (primary N) is 1. The molecule has 0 aromatic rings. The highest BCUT2D eigenvalue weighted by Crippen LogP contribution is 2.64. The Morgan fingerprint density at radius 1 is 1.09 bits per heavy atom. The molecule has 0 aromatic heterocycles. The summed E-state index contributed by atoms with van der Waals surface area (Å²) in [5, 5.41) is 20.9. The number of allylic oxidation sites excluding steroid dienone is 2. The van der Waals surface area contributed by atoms with Crippen LogP contribution >= 0.6 is 0 Å². The summed E-state index contributed by atoms with van der Waals surface area (Å²) in [6, 6.07) is 0. The summed E-state index contributed by atoms with van der Waals surface area (Å²) in [7, 11) is 0. The molecule has 122 valence electrons. The lowest BCUT2D eigenvalue weighted by Gasteiger charge is -2.59. The van der Waals surface area contributed by atoms with Crippen molar-refractivity contribution >= 4 is 0 Å². The molecule has 4 aliphatic carbocycles. The lowest BCUT2D eigenvalue weighted by atomic mass is 9.46. The number of aliphatic hydroxyl groups excluding tert-OH is 2. The smallest absolute Gasteiger partial charge is 0.0724 e. The summed E-state index contributed by atoms with van der Waals surface area (Å²) >= 11 is 0. The topological polar surface area (TPSA) is 66.5 Å². The second-order valence-corrected chi connectivity index (χ2v) is 8.63. The quantitative estimate of drug-likeness (QED) is 0.603. The summed E-state index contributed by atoms with van der Waals surface area (Å²) < 4.78 is 0. The first-order valence-electron chi connectivity index (χ1n) is 8.90. The van der Waals surface area contributed by atoms with Crippen LogP contribution in [0.15, 0.2) is 23.4 Å². The summed E-state index contributed by atoms with van der Waals surface area (Å²) in [6.07, 6.45) is 9.62. The van der Waals surface area contributed by atoms with Crippen molar-refractivity contribution in [1.82, 2.24) is 0 Å². The number of fused-ring (bicyclic) bond motifs is 5. The molecule has 0 spiro atoms. The Balaban J connectivity index is 1.73. The number of hydrogen-bond donors (Lipinski definition) is 3. The van der Waals surface area contributed by atoms with Gasteiger partial charge in [0.25, 0.3) is 0 Å². The third-order valence-corrected chi connectivity index (χ3v) is 7.75. The van der Waals surface area contributed by atoms with Crippen LogP contribution in [0.4, 0.5) is 0 Å². The standard InChI is InChI=1S/C19H29NO2/c1-18-7-5-12(21)9-11(18)10-15(22)17-13-3-4-16(20)19(13,2)8-6-14(17)18/h4,9,12-15,17,21-22H,3,5-8,10,20H2,1-2H3/t12?,13-,14+,15?,17-,18-,19-/m0/s1. The SMILES string of the molecule is C[C@]12CCC(O)C=C1CC(O)[C@@H]1[C@H]2CC[C@]2(C)C(N)=CC[C@@H]12. The highest BCUT2D eigenvalue weighted by Gasteiger charge is 2.59. The van der Waals surface area contributed by atoms with Gasteiger partial charge in [0, 0.05) is 11.1 Å². The molecule has 0 heterocycles. The van der Waals surface area contributed by atoms with E-state index in [9.17, 15) is 10.2 Å². The van der Waals surface area contributed by atoms with Gasteiger partial charge in [-0.15, -0.1) is 0 Å². The fraction of sp³-hybridized carbons (Fsp3) is 0.789. The lowest BCUT2D eigenvalue weighted by molar-refractivity contribution is -0.0980. The van der Waals surface area contributed by atoms with Crippen molar-refractivity contribution in [3.05, 3.63) is 23.4 Å². The molecule has 0 bridgehead atoms. The number of hydrogen-bond acceptors (Lipinski definition) is 3. The molecule has 3 nitrogen and oxygen atoms in total. The highest BCUT2D eigenvalue weighted by molar-refractivity contribution is 5.30. The van der Waals surface area contributed by atoms with E-state index in [4.69, 9.17) is 5.73 Å². The van der Waals surface area contributed by atoms with Crippen molar-refractivity contribution in [2.45, 2.75) is 64.6 Å². The summed E-state index contributed by atoms with van der Waals surface area (Å²) in [4.78, 5) is 0. The largest absolute Gasteiger partial charge is 0.402 e. The van der Waals surface area contributed by atoms with E-state index in [-0.39, 0.29) is 23.0 Å². The minimum Gasteiger partial charge on any atom is -0.402 e. The van der Waals surface area contributed by atoms with Crippen LogP contribution in [-0.4, -0.2) is 22.4 Å². The van der Waals surface area contributed by atoms with Gasteiger partial charge in [-0.25, -0.2) is 0 Å². The zero-order valence-corrected chi connectivity index (χ0v) is 13.8. The second kappa shape index (κ2) is 4.61. The van der Waals surface area contributed by atoms with E-state index in [1.165, 1.54) is 5.57 Å². The molecule has 0 radical (unpaired) electrons. The molecule has 2 saturated carbocycles. The third kappa shape index (κ3) is 1.75. The number of aliphatic hydroxyl groups is 2. The van der Waals surface area contributed by atoms with Crippen molar-refractivity contribution in [1.29, 1.82) is 0 Å². The van der Waals surface area contributed by atoms with E-state index in [1.54, 1.807) is 0 Å². The Morgan fingerprint density at radius 2 is 1.82 bits per heavy atom. The van der Waals surface area contributed by atoms with Gasteiger partial charge >= 0.3 is 0 Å². The molecule has 4 aliphatic rings. The van der Waals surface area contributed by atoms with Gasteiger partial charge < -0.3 is 15.9 Å². The van der Waals surface area contributed by atoms with E-state index in [2.05, 4.69) is 19.9 Å². The maximum atomic E-state index is 10.9. The third-order valence-electron chi connectivity index (χ3n) is 7.75. The maximum Gasteiger partial charge on any atom is 0.0724 e. The van der Waals surface area contributed by atoms with E-state index < -0.39 is 0 Å². The zero-order valence-electron chi connectivity index (χ0n) is 13.8. The van der Waals surface area contributed by atoms with Gasteiger partial charge in [0.1, 0.15) is 0 Å². The van der Waals surface area contributed by atoms with Gasteiger partial charge in [-0.05, 0) is 61.7 Å². The molecule has 4 rings (SSSR count). The Labute approximate surface area is 133 Å². The van der Waals surface area contributed by atoms with Gasteiger partial charge in [-0.1, -0.05) is 31.6 Å². The first-order chi connectivity index (χ1) is 10.4. The van der Waals surface area contributed by atoms with Gasteiger partial charge in [-0.3, -0.25) is 0 Å². The van der Waals surface area contributed by atoms with Crippen LogP contribution < -0.4 is 5.73 Å². The Bertz CT molecular complexity index is 554. The van der Waals surface area contributed by atoms with E-state index >= 15 is 0 Å². The van der Waals surface area contributed by atoms with Crippen LogP contribution in [0.2, 0.25) is 0 Å². The molecule has 2 fully saturated rings. The van der Waals surface area contributed by atoms with Gasteiger partial charge in [0.05, 0.1) is 12.2 Å². The molecule has 3 heteroatoms. The van der Waals surface area contributed by atoms with Crippen molar-refractivity contribution in [2.24, 2.45) is 34.3 Å². The molecule has 2 unspecified atom stereocenters. The highest BCUT2D eigenvalue weighted by atomic mass is 16.3. The van der Waals surface area contributed by atoms with E-state index in [1.807, 2.05) is 6.08 Å². The van der Waals surface area contributed by atoms with Gasteiger partial charge in [0.2, 0.25) is 0 Å². The fourth-order valence-electron chi connectivity index (χ4n) is 6.28. The Hall–Kier alpha value is -0.800. The summed E-state index contributed by atoms with van der Waals surface area (Å²) in [5.41, 5.74) is 8.93. The molecule has 0 amide bonds. The zero-order chi connectivity index (χ0) is 15.7. The molecule has 0 aromatic carbocycles. The fourth-order valence-corrected chi connectivity index (χ4v) is 6.28. The van der Waals surface area contributed by atoms with Crippen LogP contribution in [0, 0.1) is 28.6 Å². The van der Waals surface area contributed by atoms with E-state index in [0.29, 0.717) is 17.8 Å². The summed E-state index contributed by atoms with van der Waals surface area (Å²) in [5.74, 6) is 1.38. The first-order valence-corrected chi connectivity index (χ1v) is 8.90. The minimum absolute atomic E-state index is 0.0912. The lowest BCUT2D eigenvalue weighted by Crippen LogP contribution is -2.55. The molecule has 22 heavy (non-hydrogen) atoms. The first kappa shape index (κ1) is 14.8. The van der Waals surface area contributed by atoms with Crippen LogP contribution in [0.25, 0.3) is 0 Å². The van der Waals surface area contributed by atoms with Crippen LogP contribution in [0.5, 0.6) is 0 Å². The average Bonchev–Trinajstić information content (AvgIpc) is 2.77. The van der Waals surface area contributed by atoms with Crippen LogP contribution in [-0.2, 0) is 0 Å². The predicted molar refractivity (Wildman–Crippen MR) is 86.8 cm³/mol. The van der Waals surface area contributed by atoms with Gasteiger partial charge in [-0.2, -0.15) is 0 Å². The molecular weight excluding hydrogens is 274 g/mol. The van der Waals surface area contributed by atoms with Crippen molar-refractivity contribution in [2.75, 3.05) is 0 Å². The van der Waals surface area contributed by atoms with Gasteiger partial charge in [0.15, 0.2) is 0 Å². The Kier molecular flexibility index (Phi) is 3.09. The molecule has 0 aliphatic heterocycles. The molecule has 7 atom stereocenters. The monoisotopic (exact) mass is 303 g/mol. The van der Waals surface area contributed by atoms with Crippen LogP contribution in [0.1, 0.15) is 52.4 Å². The maximum absolute atomic E-state index is 10.9. The molecular formula is C19H29NO2. The van der Waals surface area contributed by atoms with Crippen molar-refractivity contribution in [3.63, 3.8) is 0 Å². The minimum atomic E-state index is -0.315. The normalized spacial score (nSPS) is 53.9. The second-order valence-electron chi connectivity index (χ2n) is 8.63. The predicted octanol–water partition coefficient (Wildman–Crippen LogP) is 2.73. The molecule has 0 saturated heterocycles. The van der Waals surface area contributed by atoms with Crippen LogP contribution in [0.3, 0.4) is 0 Å². The van der Waals surface area contributed by atoms with Crippen molar-refractivity contribution < 1.29 is 10.2 Å². The van der Waals surface area contributed by atoms with Crippen molar-refractivity contribution in [3.8, 4) is 0 Å². The Morgan fingerprint density at radius 3 is 2.59 bits per heavy atom. The number of rotatable bonds is 0.